The number of hydrogen-bond acceptors (Lipinski definition) is 4. The summed E-state index contributed by atoms with van der Waals surface area (Å²) in [5.41, 5.74) is 7.62. The van der Waals surface area contributed by atoms with Crippen LogP contribution in [-0.4, -0.2) is 29.1 Å². The maximum absolute atomic E-state index is 12.1. The van der Waals surface area contributed by atoms with Crippen LogP contribution in [0.4, 0.5) is 4.79 Å². The number of carbonyl (C=O) groups is 2. The molecule has 1 aliphatic rings. The van der Waals surface area contributed by atoms with E-state index in [1.807, 2.05) is 12.1 Å². The van der Waals surface area contributed by atoms with Gasteiger partial charge >= 0.3 is 0 Å². The van der Waals surface area contributed by atoms with E-state index in [-0.39, 0.29) is 24.2 Å². The third-order valence-electron chi connectivity index (χ3n) is 3.15. The van der Waals surface area contributed by atoms with Gasteiger partial charge in [0.05, 0.1) is 4.91 Å². The number of hydrogen-bond donors (Lipinski definition) is 1. The molecule has 0 atom stereocenters. The van der Waals surface area contributed by atoms with Crippen molar-refractivity contribution in [1.29, 1.82) is 0 Å². The Morgan fingerprint density at radius 1 is 1.24 bits per heavy atom. The lowest BCUT2D eigenvalue weighted by atomic mass is 10.0. The maximum atomic E-state index is 12.1. The van der Waals surface area contributed by atoms with Crippen molar-refractivity contribution in [2.75, 3.05) is 13.1 Å². The Morgan fingerprint density at radius 2 is 1.90 bits per heavy atom. The van der Waals surface area contributed by atoms with Crippen LogP contribution in [0.1, 0.15) is 25.0 Å². The van der Waals surface area contributed by atoms with E-state index in [0.717, 1.165) is 23.7 Å². The van der Waals surface area contributed by atoms with Gasteiger partial charge < -0.3 is 5.73 Å². The third-order valence-corrected chi connectivity index (χ3v) is 4.06. The van der Waals surface area contributed by atoms with Crippen molar-refractivity contribution in [3.05, 3.63) is 40.3 Å². The number of nitrogens with zero attached hydrogens (tertiary/aromatic N) is 1. The summed E-state index contributed by atoms with van der Waals surface area (Å²) in [6.45, 7) is 4.92. The molecule has 2 N–H and O–H groups in total. The smallest absolute Gasteiger partial charge is 0.293 e. The Labute approximate surface area is 129 Å². The van der Waals surface area contributed by atoms with Crippen LogP contribution in [0.25, 0.3) is 6.08 Å². The highest BCUT2D eigenvalue weighted by molar-refractivity contribution is 8.18. The van der Waals surface area contributed by atoms with E-state index in [1.165, 1.54) is 10.5 Å². The van der Waals surface area contributed by atoms with Crippen LogP contribution >= 0.6 is 11.8 Å². The molecule has 2 amide bonds. The van der Waals surface area contributed by atoms with Crippen LogP contribution in [0.15, 0.2) is 29.2 Å². The van der Waals surface area contributed by atoms with Crippen molar-refractivity contribution in [1.82, 2.24) is 4.90 Å². The molecule has 1 aromatic carbocycles. The topological polar surface area (TPSA) is 63.4 Å². The second kappa shape index (κ2) is 6.91. The summed E-state index contributed by atoms with van der Waals surface area (Å²) in [6, 6.07) is 8.09. The van der Waals surface area contributed by atoms with Crippen LogP contribution in [-0.2, 0) is 11.2 Å². The van der Waals surface area contributed by atoms with Crippen LogP contribution in [0.2, 0.25) is 0 Å². The third kappa shape index (κ3) is 3.95. The first-order valence-corrected chi connectivity index (χ1v) is 7.87. The van der Waals surface area contributed by atoms with E-state index in [4.69, 9.17) is 5.73 Å². The average Bonchev–Trinajstić information content (AvgIpc) is 2.69. The first kappa shape index (κ1) is 15.8. The fraction of sp³-hybridized carbons (Fsp3) is 0.375. The fourth-order valence-electron chi connectivity index (χ4n) is 2.19. The quantitative estimate of drug-likeness (QED) is 0.850. The fourth-order valence-corrected chi connectivity index (χ4v) is 3.06. The van der Waals surface area contributed by atoms with Gasteiger partial charge in [0, 0.05) is 13.1 Å². The van der Waals surface area contributed by atoms with Crippen molar-refractivity contribution in [2.24, 2.45) is 11.7 Å². The molecule has 0 bridgehead atoms. The minimum absolute atomic E-state index is 0.242. The largest absolute Gasteiger partial charge is 0.329 e. The summed E-state index contributed by atoms with van der Waals surface area (Å²) in [4.78, 5) is 25.5. The lowest BCUT2D eigenvalue weighted by Gasteiger charge is -2.09. The van der Waals surface area contributed by atoms with Gasteiger partial charge in [-0.05, 0) is 41.3 Å². The van der Waals surface area contributed by atoms with E-state index < -0.39 is 0 Å². The number of nitrogens with two attached hydrogens (primary N) is 1. The molecule has 112 valence electrons. The molecular weight excluding hydrogens is 284 g/mol. The molecule has 0 radical (unpaired) electrons. The molecule has 2 rings (SSSR count). The summed E-state index contributed by atoms with van der Waals surface area (Å²) in [5.74, 6) is 0.366. The maximum Gasteiger partial charge on any atom is 0.293 e. The molecule has 0 unspecified atom stereocenters. The normalized spacial score (nSPS) is 17.3. The molecule has 0 spiro atoms. The molecule has 5 heteroatoms. The van der Waals surface area contributed by atoms with Gasteiger partial charge in [-0.2, -0.15) is 0 Å². The minimum atomic E-state index is -0.248. The standard InChI is InChI=1S/C16H20N2O2S/c1-11(2)9-12-3-5-13(6-4-12)10-14-15(19)18(8-7-17)16(20)21-14/h3-6,10-11H,7-9,17H2,1-2H3/b14-10+. The van der Waals surface area contributed by atoms with Crippen molar-refractivity contribution < 1.29 is 9.59 Å². The summed E-state index contributed by atoms with van der Waals surface area (Å²) in [5, 5.41) is -0.242. The number of amides is 2. The molecule has 1 heterocycles. The predicted octanol–water partition coefficient (Wildman–Crippen LogP) is 2.88. The molecule has 1 aliphatic heterocycles. The van der Waals surface area contributed by atoms with Gasteiger partial charge in [0.2, 0.25) is 0 Å². The van der Waals surface area contributed by atoms with Gasteiger partial charge in [-0.3, -0.25) is 14.5 Å². The van der Waals surface area contributed by atoms with Gasteiger partial charge in [0.1, 0.15) is 0 Å². The number of rotatable bonds is 5. The SMILES string of the molecule is CC(C)Cc1ccc(/C=C2/SC(=O)N(CCN)C2=O)cc1. The van der Waals surface area contributed by atoms with E-state index in [2.05, 4.69) is 26.0 Å². The van der Waals surface area contributed by atoms with Crippen LogP contribution in [0.3, 0.4) is 0 Å². The van der Waals surface area contributed by atoms with Crippen molar-refractivity contribution in [3.8, 4) is 0 Å². The summed E-state index contributed by atoms with van der Waals surface area (Å²) >= 11 is 0.974. The first-order chi connectivity index (χ1) is 10.0. The number of imide groups is 1. The van der Waals surface area contributed by atoms with Crippen molar-refractivity contribution in [2.45, 2.75) is 20.3 Å². The highest BCUT2D eigenvalue weighted by Gasteiger charge is 2.34. The molecule has 0 saturated carbocycles. The summed E-state index contributed by atoms with van der Waals surface area (Å²) in [7, 11) is 0. The lowest BCUT2D eigenvalue weighted by molar-refractivity contribution is -0.122. The van der Waals surface area contributed by atoms with Gasteiger partial charge in [-0.15, -0.1) is 0 Å². The van der Waals surface area contributed by atoms with Crippen LogP contribution in [0.5, 0.6) is 0 Å². The van der Waals surface area contributed by atoms with Gasteiger partial charge in [0.25, 0.3) is 11.1 Å². The summed E-state index contributed by atoms with van der Waals surface area (Å²) < 4.78 is 0. The molecule has 0 aromatic heterocycles. The monoisotopic (exact) mass is 304 g/mol. The highest BCUT2D eigenvalue weighted by atomic mass is 32.2. The Balaban J connectivity index is 2.13. The van der Waals surface area contributed by atoms with Crippen molar-refractivity contribution in [3.63, 3.8) is 0 Å². The molecule has 21 heavy (non-hydrogen) atoms. The van der Waals surface area contributed by atoms with E-state index in [9.17, 15) is 9.59 Å². The zero-order valence-corrected chi connectivity index (χ0v) is 13.2. The van der Waals surface area contributed by atoms with E-state index in [1.54, 1.807) is 6.08 Å². The molecule has 1 aromatic rings. The Morgan fingerprint density at radius 3 is 2.48 bits per heavy atom. The Kier molecular flexibility index (Phi) is 5.20. The number of carbonyl (C=O) groups excluding carboxylic acids is 2. The zero-order chi connectivity index (χ0) is 15.4. The van der Waals surface area contributed by atoms with Gasteiger partial charge in [-0.1, -0.05) is 38.1 Å². The molecule has 1 saturated heterocycles. The van der Waals surface area contributed by atoms with E-state index in [0.29, 0.717) is 10.8 Å². The molecule has 4 nitrogen and oxygen atoms in total. The Hall–Kier alpha value is -1.59. The van der Waals surface area contributed by atoms with E-state index >= 15 is 0 Å². The lowest BCUT2D eigenvalue weighted by Crippen LogP contribution is -2.33. The van der Waals surface area contributed by atoms with Gasteiger partial charge in [-0.25, -0.2) is 0 Å². The molecule has 1 fully saturated rings. The second-order valence-electron chi connectivity index (χ2n) is 5.46. The highest BCUT2D eigenvalue weighted by Crippen LogP contribution is 2.31. The van der Waals surface area contributed by atoms with Crippen LogP contribution in [0, 0.1) is 5.92 Å². The molecule has 0 aliphatic carbocycles. The number of thioether (sulfide) groups is 1. The molecular formula is C16H20N2O2S. The van der Waals surface area contributed by atoms with Crippen LogP contribution < -0.4 is 5.73 Å². The summed E-state index contributed by atoms with van der Waals surface area (Å²) in [6.07, 6.45) is 2.80. The minimum Gasteiger partial charge on any atom is -0.329 e. The van der Waals surface area contributed by atoms with Gasteiger partial charge in [0.15, 0.2) is 0 Å². The number of benzene rings is 1. The predicted molar refractivity (Wildman–Crippen MR) is 86.7 cm³/mol. The second-order valence-corrected chi connectivity index (χ2v) is 6.45. The average molecular weight is 304 g/mol. The Bertz CT molecular complexity index is 564. The van der Waals surface area contributed by atoms with Crippen molar-refractivity contribution >= 4 is 29.0 Å². The first-order valence-electron chi connectivity index (χ1n) is 7.05. The zero-order valence-electron chi connectivity index (χ0n) is 12.3.